The molecule has 0 spiro atoms. The summed E-state index contributed by atoms with van der Waals surface area (Å²) in [5.74, 6) is -0.177. The van der Waals surface area contributed by atoms with E-state index >= 15 is 0 Å². The van der Waals surface area contributed by atoms with Crippen molar-refractivity contribution in [2.24, 2.45) is 0 Å². The number of Topliss-reactive ketones (excluding diaryl/α,β-unsaturated/α-hetero) is 1. The molecule has 2 heterocycles. The highest BCUT2D eigenvalue weighted by molar-refractivity contribution is 7.89. The topological polar surface area (TPSA) is 94.0 Å². The lowest BCUT2D eigenvalue weighted by Crippen LogP contribution is -2.24. The number of hydrogen-bond acceptors (Lipinski definition) is 5. The van der Waals surface area contributed by atoms with Gasteiger partial charge >= 0.3 is 0 Å². The molecule has 1 aromatic carbocycles. The zero-order chi connectivity index (χ0) is 21.1. The van der Waals surface area contributed by atoms with Gasteiger partial charge in [0.25, 0.3) is 0 Å². The Kier molecular flexibility index (Phi) is 5.78. The van der Waals surface area contributed by atoms with Crippen LogP contribution in [-0.4, -0.2) is 29.0 Å². The smallest absolute Gasteiger partial charge is 0.240 e. The average Bonchev–Trinajstić information content (AvgIpc) is 3.43. The molecule has 8 heteroatoms. The first-order chi connectivity index (χ1) is 14.4. The molecular formula is C22H24N4O3S. The van der Waals surface area contributed by atoms with Crippen LogP contribution in [0.3, 0.4) is 0 Å². The van der Waals surface area contributed by atoms with Crippen molar-refractivity contribution >= 4 is 15.8 Å². The third kappa shape index (κ3) is 4.34. The first-order valence-electron chi connectivity index (χ1n) is 10.0. The molecule has 30 heavy (non-hydrogen) atoms. The molecule has 2 aromatic heterocycles. The van der Waals surface area contributed by atoms with Crippen LogP contribution in [0.15, 0.2) is 59.8 Å². The monoisotopic (exact) mass is 424 g/mol. The number of hydrogen-bond donors (Lipinski definition) is 1. The molecule has 1 N–H and O–H groups in total. The van der Waals surface area contributed by atoms with Crippen molar-refractivity contribution in [2.45, 2.75) is 50.1 Å². The van der Waals surface area contributed by atoms with Crippen LogP contribution in [0.5, 0.6) is 0 Å². The maximum Gasteiger partial charge on any atom is 0.240 e. The van der Waals surface area contributed by atoms with Crippen molar-refractivity contribution in [2.75, 3.05) is 0 Å². The summed E-state index contributed by atoms with van der Waals surface area (Å²) in [6.45, 7) is 1.49. The average molecular weight is 425 g/mol. The Labute approximate surface area is 176 Å². The van der Waals surface area contributed by atoms with Gasteiger partial charge in [-0.3, -0.25) is 14.5 Å². The predicted octanol–water partition coefficient (Wildman–Crippen LogP) is 3.74. The van der Waals surface area contributed by atoms with Crippen LogP contribution in [0, 0.1) is 0 Å². The lowest BCUT2D eigenvalue weighted by molar-refractivity contribution is 0.101. The highest BCUT2D eigenvalue weighted by atomic mass is 32.2. The molecule has 7 nitrogen and oxygen atoms in total. The maximum absolute atomic E-state index is 12.7. The van der Waals surface area contributed by atoms with Crippen molar-refractivity contribution in [1.82, 2.24) is 19.5 Å². The number of benzene rings is 1. The third-order valence-electron chi connectivity index (χ3n) is 5.43. The minimum absolute atomic E-state index is 0.0692. The van der Waals surface area contributed by atoms with Gasteiger partial charge < -0.3 is 0 Å². The molecule has 0 saturated heterocycles. The Morgan fingerprint density at radius 3 is 2.57 bits per heavy atom. The minimum atomic E-state index is -3.76. The molecule has 0 radical (unpaired) electrons. The van der Waals surface area contributed by atoms with Crippen LogP contribution in [-0.2, 0) is 16.6 Å². The molecule has 4 rings (SSSR count). The standard InChI is InChI=1S/C22H24N4O3S/c1-16(27)18-5-4-8-21(13-18)30(28,29)24-15-19-14-22(17-9-11-23-12-10-17)26(25-19)20-6-2-3-7-20/h4-5,8-14,20,24H,2-3,6-7,15H2,1H3. The van der Waals surface area contributed by atoms with Gasteiger partial charge in [0, 0.05) is 23.5 Å². The van der Waals surface area contributed by atoms with Gasteiger partial charge in [0.2, 0.25) is 10.0 Å². The van der Waals surface area contributed by atoms with E-state index < -0.39 is 10.0 Å². The second kappa shape index (κ2) is 8.49. The highest BCUT2D eigenvalue weighted by Gasteiger charge is 2.23. The van der Waals surface area contributed by atoms with Crippen LogP contribution in [0.2, 0.25) is 0 Å². The molecule has 1 aliphatic rings. The molecule has 1 saturated carbocycles. The van der Waals surface area contributed by atoms with Crippen LogP contribution in [0.1, 0.15) is 54.7 Å². The van der Waals surface area contributed by atoms with Gasteiger partial charge in [0.05, 0.1) is 28.9 Å². The largest absolute Gasteiger partial charge is 0.295 e. The molecule has 1 aliphatic carbocycles. The van der Waals surface area contributed by atoms with E-state index in [1.54, 1.807) is 24.5 Å². The van der Waals surface area contributed by atoms with Crippen molar-refractivity contribution in [3.63, 3.8) is 0 Å². The first-order valence-corrected chi connectivity index (χ1v) is 11.5. The molecule has 0 amide bonds. The van der Waals surface area contributed by atoms with Crippen LogP contribution in [0.25, 0.3) is 11.3 Å². The van der Waals surface area contributed by atoms with Crippen molar-refractivity contribution < 1.29 is 13.2 Å². The Balaban J connectivity index is 1.59. The van der Waals surface area contributed by atoms with E-state index in [2.05, 4.69) is 9.71 Å². The lowest BCUT2D eigenvalue weighted by Gasteiger charge is -2.14. The molecule has 156 valence electrons. The predicted molar refractivity (Wildman–Crippen MR) is 113 cm³/mol. The fourth-order valence-electron chi connectivity index (χ4n) is 3.83. The van der Waals surface area contributed by atoms with Crippen LogP contribution >= 0.6 is 0 Å². The summed E-state index contributed by atoms with van der Waals surface area (Å²) in [4.78, 5) is 15.7. The number of carbonyl (C=O) groups excluding carboxylic acids is 1. The first kappa shape index (κ1) is 20.4. The number of carbonyl (C=O) groups is 1. The number of ketones is 1. The van der Waals surface area contributed by atoms with Gasteiger partial charge in [-0.05, 0) is 50.1 Å². The molecule has 0 aliphatic heterocycles. The number of rotatable bonds is 7. The summed E-state index contributed by atoms with van der Waals surface area (Å²) in [6, 6.07) is 12.2. The maximum atomic E-state index is 12.7. The molecule has 0 unspecified atom stereocenters. The van der Waals surface area contributed by atoms with Gasteiger partial charge in [-0.15, -0.1) is 0 Å². The molecular weight excluding hydrogens is 400 g/mol. The fourth-order valence-corrected chi connectivity index (χ4v) is 4.88. The molecule has 1 fully saturated rings. The van der Waals surface area contributed by atoms with E-state index in [1.165, 1.54) is 31.9 Å². The zero-order valence-corrected chi connectivity index (χ0v) is 17.6. The van der Waals surface area contributed by atoms with Gasteiger partial charge in [0.15, 0.2) is 5.78 Å². The summed E-state index contributed by atoms with van der Waals surface area (Å²) in [6.07, 6.45) is 7.98. The lowest BCUT2D eigenvalue weighted by atomic mass is 10.1. The summed E-state index contributed by atoms with van der Waals surface area (Å²) in [7, 11) is -3.76. The van der Waals surface area contributed by atoms with Crippen LogP contribution < -0.4 is 4.72 Å². The van der Waals surface area contributed by atoms with Crippen molar-refractivity contribution in [3.8, 4) is 11.3 Å². The number of sulfonamides is 1. The van der Waals surface area contributed by atoms with Crippen molar-refractivity contribution in [1.29, 1.82) is 0 Å². The van der Waals surface area contributed by atoms with E-state index in [9.17, 15) is 13.2 Å². The third-order valence-corrected chi connectivity index (χ3v) is 6.83. The van der Waals surface area contributed by atoms with Crippen molar-refractivity contribution in [3.05, 3.63) is 66.1 Å². The molecule has 0 bridgehead atoms. The minimum Gasteiger partial charge on any atom is -0.295 e. The van der Waals surface area contributed by atoms with E-state index in [0.717, 1.165) is 24.1 Å². The van der Waals surface area contributed by atoms with Gasteiger partial charge in [-0.2, -0.15) is 5.10 Å². The van der Waals surface area contributed by atoms with Crippen LogP contribution in [0.4, 0.5) is 0 Å². The number of nitrogens with one attached hydrogen (secondary N) is 1. The quantitative estimate of drug-likeness (QED) is 0.583. The van der Waals surface area contributed by atoms with Gasteiger partial charge in [0.1, 0.15) is 0 Å². The van der Waals surface area contributed by atoms with Gasteiger partial charge in [-0.25, -0.2) is 13.1 Å². The Hall–Kier alpha value is -2.84. The normalized spacial score (nSPS) is 14.8. The molecule has 0 atom stereocenters. The number of nitrogens with zero attached hydrogens (tertiary/aromatic N) is 3. The molecule has 3 aromatic rings. The van der Waals surface area contributed by atoms with Gasteiger partial charge in [-0.1, -0.05) is 25.0 Å². The van der Waals surface area contributed by atoms with E-state index in [0.29, 0.717) is 17.3 Å². The Bertz CT molecular complexity index is 1150. The fraction of sp³-hybridized carbons (Fsp3) is 0.318. The summed E-state index contributed by atoms with van der Waals surface area (Å²) >= 11 is 0. The van der Waals surface area contributed by atoms with E-state index in [1.807, 2.05) is 22.9 Å². The van der Waals surface area contributed by atoms with E-state index in [-0.39, 0.29) is 17.2 Å². The number of aromatic nitrogens is 3. The summed E-state index contributed by atoms with van der Waals surface area (Å²) < 4.78 is 30.1. The zero-order valence-electron chi connectivity index (χ0n) is 16.8. The highest BCUT2D eigenvalue weighted by Crippen LogP contribution is 2.33. The SMILES string of the molecule is CC(=O)c1cccc(S(=O)(=O)NCc2cc(-c3ccncc3)n(C3CCCC3)n2)c1. The van der Waals surface area contributed by atoms with E-state index in [4.69, 9.17) is 5.10 Å². The summed E-state index contributed by atoms with van der Waals surface area (Å²) in [5.41, 5.74) is 2.99. The number of pyridine rings is 1. The second-order valence-corrected chi connectivity index (χ2v) is 9.32. The Morgan fingerprint density at radius 1 is 1.13 bits per heavy atom. The Morgan fingerprint density at radius 2 is 1.87 bits per heavy atom. The second-order valence-electron chi connectivity index (χ2n) is 7.55. The summed E-state index contributed by atoms with van der Waals surface area (Å²) in [5, 5.41) is 4.73.